The predicted molar refractivity (Wildman–Crippen MR) is 132 cm³/mol. The molecule has 0 bridgehead atoms. The first-order valence-corrected chi connectivity index (χ1v) is 12.1. The van der Waals surface area contributed by atoms with E-state index in [1.807, 2.05) is 0 Å². The second kappa shape index (κ2) is 10.4. The Kier molecular flexibility index (Phi) is 7.32. The number of hydrogen-bond acceptors (Lipinski definition) is 2. The Morgan fingerprint density at radius 3 is 1.84 bits per heavy atom. The largest absolute Gasteiger partial charge is 0.464 e. The normalized spacial score (nSPS) is 16.6. The highest BCUT2D eigenvalue weighted by atomic mass is 16.7. The second-order valence-corrected chi connectivity index (χ2v) is 9.31. The van der Waals surface area contributed by atoms with Crippen molar-refractivity contribution >= 4 is 0 Å². The summed E-state index contributed by atoms with van der Waals surface area (Å²) in [6.07, 6.45) is 5.62. The van der Waals surface area contributed by atoms with Crippen LogP contribution in [0.4, 0.5) is 0 Å². The van der Waals surface area contributed by atoms with Crippen LogP contribution in [-0.4, -0.2) is 12.4 Å². The number of hydrogen-bond donors (Lipinski definition) is 0. The zero-order valence-electron chi connectivity index (χ0n) is 19.7. The Bertz CT molecular complexity index is 904. The van der Waals surface area contributed by atoms with E-state index in [1.165, 1.54) is 29.5 Å². The summed E-state index contributed by atoms with van der Waals surface area (Å²) < 4.78 is 13.5. The molecule has 0 aromatic heterocycles. The average Bonchev–Trinajstić information content (AvgIpc) is 3.37. The minimum atomic E-state index is -0.444. The fraction of sp³-hybridized carbons (Fsp3) is 0.400. The van der Waals surface area contributed by atoms with Crippen molar-refractivity contribution in [2.75, 3.05) is 0 Å². The molecule has 0 spiro atoms. The summed E-state index contributed by atoms with van der Waals surface area (Å²) in [5, 5.41) is 0. The molecule has 1 aliphatic rings. The molecule has 4 rings (SSSR count). The van der Waals surface area contributed by atoms with E-state index in [0.717, 1.165) is 25.0 Å². The summed E-state index contributed by atoms with van der Waals surface area (Å²) in [7, 11) is 0. The third-order valence-electron chi connectivity index (χ3n) is 7.14. The van der Waals surface area contributed by atoms with Gasteiger partial charge in [0.25, 0.3) is 0 Å². The van der Waals surface area contributed by atoms with Gasteiger partial charge in [-0.3, -0.25) is 0 Å². The molecule has 3 aromatic carbocycles. The maximum atomic E-state index is 6.77. The second-order valence-electron chi connectivity index (χ2n) is 9.31. The maximum Gasteiger partial charge on any atom is 0.213 e. The van der Waals surface area contributed by atoms with Gasteiger partial charge in [-0.2, -0.15) is 0 Å². The molecule has 0 aliphatic heterocycles. The zero-order chi connectivity index (χ0) is 22.4. The van der Waals surface area contributed by atoms with E-state index in [1.54, 1.807) is 0 Å². The van der Waals surface area contributed by atoms with Gasteiger partial charge in [0.05, 0.1) is 11.5 Å². The smallest absolute Gasteiger partial charge is 0.213 e. The Balaban J connectivity index is 1.72. The molecule has 2 atom stereocenters. The van der Waals surface area contributed by atoms with Gasteiger partial charge in [-0.05, 0) is 60.9 Å². The zero-order valence-corrected chi connectivity index (χ0v) is 19.7. The molecule has 0 saturated heterocycles. The van der Waals surface area contributed by atoms with Crippen LogP contribution in [0.1, 0.15) is 75.5 Å². The van der Waals surface area contributed by atoms with Crippen molar-refractivity contribution in [1.29, 1.82) is 0 Å². The van der Waals surface area contributed by atoms with Crippen LogP contribution in [0.2, 0.25) is 0 Å². The summed E-state index contributed by atoms with van der Waals surface area (Å²) in [5.74, 6) is 1.41. The number of ether oxygens (including phenoxy) is 2. The molecule has 1 saturated carbocycles. The van der Waals surface area contributed by atoms with Crippen molar-refractivity contribution in [3.8, 4) is 5.75 Å². The highest BCUT2D eigenvalue weighted by molar-refractivity contribution is 5.40. The average molecular weight is 429 g/mol. The molecular formula is C30H36O2. The van der Waals surface area contributed by atoms with Gasteiger partial charge in [0.15, 0.2) is 0 Å². The lowest BCUT2D eigenvalue weighted by Gasteiger charge is -2.39. The molecule has 1 fully saturated rings. The van der Waals surface area contributed by atoms with E-state index in [4.69, 9.17) is 9.47 Å². The van der Waals surface area contributed by atoms with E-state index >= 15 is 0 Å². The van der Waals surface area contributed by atoms with Gasteiger partial charge < -0.3 is 9.47 Å². The van der Waals surface area contributed by atoms with Crippen molar-refractivity contribution < 1.29 is 9.47 Å². The molecule has 0 amide bonds. The Morgan fingerprint density at radius 1 is 0.812 bits per heavy atom. The van der Waals surface area contributed by atoms with E-state index in [0.29, 0.717) is 5.92 Å². The highest BCUT2D eigenvalue weighted by Crippen LogP contribution is 2.40. The molecule has 0 heterocycles. The minimum Gasteiger partial charge on any atom is -0.464 e. The van der Waals surface area contributed by atoms with Gasteiger partial charge in [0.2, 0.25) is 6.29 Å². The summed E-state index contributed by atoms with van der Waals surface area (Å²) in [6.45, 7) is 6.75. The lowest BCUT2D eigenvalue weighted by Crippen LogP contribution is -2.45. The summed E-state index contributed by atoms with van der Waals surface area (Å²) >= 11 is 0. The Hall–Kier alpha value is -2.58. The third kappa shape index (κ3) is 4.91. The molecule has 2 heteroatoms. The Morgan fingerprint density at radius 2 is 1.34 bits per heavy atom. The molecule has 32 heavy (non-hydrogen) atoms. The molecule has 168 valence electrons. The van der Waals surface area contributed by atoms with Crippen LogP contribution in [0.15, 0.2) is 84.9 Å². The quantitative estimate of drug-likeness (QED) is 0.323. The summed E-state index contributed by atoms with van der Waals surface area (Å²) in [6, 6.07) is 29.9. The van der Waals surface area contributed by atoms with Crippen LogP contribution >= 0.6 is 0 Å². The van der Waals surface area contributed by atoms with E-state index in [2.05, 4.69) is 106 Å². The first kappa shape index (κ1) is 22.6. The van der Waals surface area contributed by atoms with Gasteiger partial charge >= 0.3 is 0 Å². The van der Waals surface area contributed by atoms with Crippen molar-refractivity contribution in [1.82, 2.24) is 0 Å². The van der Waals surface area contributed by atoms with Crippen LogP contribution in [0.25, 0.3) is 0 Å². The standard InChI is InChI=1S/C30H36O2/c1-4-23(2)24-19-21-28(22-20-24)32-29(31-27-17-11-12-18-27)30(3,25-13-7-5-8-14-25)26-15-9-6-10-16-26/h5-10,13-16,19-23,27,29H,4,11-12,17-18H2,1-3H3. The molecule has 1 aliphatic carbocycles. The van der Waals surface area contributed by atoms with Crippen molar-refractivity contribution in [2.45, 2.75) is 76.6 Å². The van der Waals surface area contributed by atoms with Crippen molar-refractivity contribution in [3.63, 3.8) is 0 Å². The molecule has 2 nitrogen and oxygen atoms in total. The van der Waals surface area contributed by atoms with Crippen LogP contribution in [0, 0.1) is 0 Å². The molecule has 2 unspecified atom stereocenters. The molecule has 3 aromatic rings. The SMILES string of the molecule is CCC(C)c1ccc(OC(OC2CCCC2)C(C)(c2ccccc2)c2ccccc2)cc1. The van der Waals surface area contributed by atoms with Crippen molar-refractivity contribution in [3.05, 3.63) is 102 Å². The Labute approximate surface area is 193 Å². The van der Waals surface area contributed by atoms with E-state index < -0.39 is 11.7 Å². The van der Waals surface area contributed by atoms with Crippen LogP contribution < -0.4 is 4.74 Å². The first-order valence-electron chi connectivity index (χ1n) is 12.1. The van der Waals surface area contributed by atoms with Crippen molar-refractivity contribution in [2.24, 2.45) is 0 Å². The number of benzene rings is 3. The predicted octanol–water partition coefficient (Wildman–Crippen LogP) is 7.87. The summed E-state index contributed by atoms with van der Waals surface area (Å²) in [5.41, 5.74) is 3.30. The van der Waals surface area contributed by atoms with Gasteiger partial charge in [0, 0.05) is 0 Å². The first-order chi connectivity index (χ1) is 15.6. The fourth-order valence-corrected chi connectivity index (χ4v) is 4.72. The van der Waals surface area contributed by atoms with Gasteiger partial charge in [-0.25, -0.2) is 0 Å². The van der Waals surface area contributed by atoms with Gasteiger partial charge in [-0.1, -0.05) is 99.5 Å². The van der Waals surface area contributed by atoms with Crippen LogP contribution in [0.5, 0.6) is 5.75 Å². The van der Waals surface area contributed by atoms with Crippen LogP contribution in [0.3, 0.4) is 0 Å². The topological polar surface area (TPSA) is 18.5 Å². The van der Waals surface area contributed by atoms with Gasteiger partial charge in [0.1, 0.15) is 5.75 Å². The fourth-order valence-electron chi connectivity index (χ4n) is 4.72. The summed E-state index contributed by atoms with van der Waals surface area (Å²) in [4.78, 5) is 0. The maximum absolute atomic E-state index is 6.77. The highest BCUT2D eigenvalue weighted by Gasteiger charge is 2.42. The van der Waals surface area contributed by atoms with Gasteiger partial charge in [-0.15, -0.1) is 0 Å². The minimum absolute atomic E-state index is 0.242. The van der Waals surface area contributed by atoms with Crippen LogP contribution in [-0.2, 0) is 10.2 Å². The molecule has 0 N–H and O–H groups in total. The third-order valence-corrected chi connectivity index (χ3v) is 7.14. The number of rotatable bonds is 9. The van der Waals surface area contributed by atoms with E-state index in [-0.39, 0.29) is 6.10 Å². The monoisotopic (exact) mass is 428 g/mol. The molecular weight excluding hydrogens is 392 g/mol. The van der Waals surface area contributed by atoms with E-state index in [9.17, 15) is 0 Å². The lowest BCUT2D eigenvalue weighted by atomic mass is 9.75. The lowest BCUT2D eigenvalue weighted by molar-refractivity contribution is -0.146. The molecule has 0 radical (unpaired) electrons.